The molecule has 4 nitrogen and oxygen atoms in total. The molecule has 0 bridgehead atoms. The van der Waals surface area contributed by atoms with E-state index in [9.17, 15) is 0 Å². The fraction of sp³-hybridized carbons (Fsp3) is 0.417. The van der Waals surface area contributed by atoms with Gasteiger partial charge in [0, 0.05) is 18.2 Å². The van der Waals surface area contributed by atoms with E-state index >= 15 is 0 Å². The van der Waals surface area contributed by atoms with Crippen LogP contribution in [0, 0.1) is 0 Å². The minimum absolute atomic E-state index is 0.513. The molecule has 1 aromatic carbocycles. The van der Waals surface area contributed by atoms with E-state index in [-0.39, 0.29) is 0 Å². The Morgan fingerprint density at radius 3 is 2.19 bits per heavy atom. The first kappa shape index (κ1) is 12.4. The number of aliphatic imine (C=N–C) groups is 1. The van der Waals surface area contributed by atoms with Crippen molar-refractivity contribution in [3.05, 3.63) is 23.8 Å². The number of rotatable bonds is 5. The highest BCUT2D eigenvalue weighted by Gasteiger charge is 2.04. The highest BCUT2D eigenvalue weighted by atomic mass is 16.5. The molecule has 0 spiro atoms. The number of nitrogens with zero attached hydrogens (tertiary/aromatic N) is 1. The Morgan fingerprint density at radius 1 is 1.19 bits per heavy atom. The van der Waals surface area contributed by atoms with E-state index in [4.69, 9.17) is 15.2 Å². The molecular weight excluding hydrogens is 204 g/mol. The van der Waals surface area contributed by atoms with E-state index < -0.39 is 0 Å². The number of hydrogen-bond donors (Lipinski definition) is 1. The molecule has 0 fully saturated rings. The lowest BCUT2D eigenvalue weighted by Gasteiger charge is -2.08. The molecule has 0 aliphatic carbocycles. The van der Waals surface area contributed by atoms with Gasteiger partial charge in [-0.25, -0.2) is 0 Å². The Morgan fingerprint density at radius 2 is 1.75 bits per heavy atom. The van der Waals surface area contributed by atoms with Crippen molar-refractivity contribution in [1.29, 1.82) is 0 Å². The van der Waals surface area contributed by atoms with E-state index in [0.29, 0.717) is 17.3 Å². The molecular formula is C12H18N2O2. The predicted molar refractivity (Wildman–Crippen MR) is 65.4 cm³/mol. The zero-order chi connectivity index (χ0) is 12.0. The van der Waals surface area contributed by atoms with Gasteiger partial charge >= 0.3 is 0 Å². The number of hydrogen-bond acceptors (Lipinski definition) is 3. The number of methoxy groups -OCH3 is 2. The minimum Gasteiger partial charge on any atom is -0.497 e. The van der Waals surface area contributed by atoms with Crippen LogP contribution < -0.4 is 15.2 Å². The van der Waals surface area contributed by atoms with Gasteiger partial charge in [0.05, 0.1) is 14.2 Å². The molecule has 0 aliphatic rings. The summed E-state index contributed by atoms with van der Waals surface area (Å²) >= 11 is 0. The van der Waals surface area contributed by atoms with Gasteiger partial charge in [-0.3, -0.25) is 4.99 Å². The summed E-state index contributed by atoms with van der Waals surface area (Å²) in [6.07, 6.45) is 0.974. The van der Waals surface area contributed by atoms with Crippen molar-refractivity contribution in [2.75, 3.05) is 20.8 Å². The second kappa shape index (κ2) is 6.00. The van der Waals surface area contributed by atoms with Crippen LogP contribution in [-0.2, 0) is 0 Å². The fourth-order valence-electron chi connectivity index (χ4n) is 1.28. The summed E-state index contributed by atoms with van der Waals surface area (Å²) in [5, 5.41) is 0. The first-order chi connectivity index (χ1) is 7.71. The molecule has 0 amide bonds. The molecule has 0 aromatic heterocycles. The van der Waals surface area contributed by atoms with Gasteiger partial charge in [-0.2, -0.15) is 0 Å². The zero-order valence-corrected chi connectivity index (χ0v) is 9.99. The Balaban J connectivity index is 3.02. The highest BCUT2D eigenvalue weighted by Crippen LogP contribution is 2.22. The van der Waals surface area contributed by atoms with Gasteiger partial charge < -0.3 is 15.2 Å². The molecule has 88 valence electrons. The van der Waals surface area contributed by atoms with Crippen LogP contribution in [0.25, 0.3) is 0 Å². The minimum atomic E-state index is 0.513. The van der Waals surface area contributed by atoms with Crippen LogP contribution in [0.3, 0.4) is 0 Å². The number of ether oxygens (including phenoxy) is 2. The molecule has 0 atom stereocenters. The van der Waals surface area contributed by atoms with Crippen LogP contribution in [0.2, 0.25) is 0 Å². The fourth-order valence-corrected chi connectivity index (χ4v) is 1.28. The maximum Gasteiger partial charge on any atom is 0.125 e. The lowest BCUT2D eigenvalue weighted by Crippen LogP contribution is -2.14. The highest BCUT2D eigenvalue weighted by molar-refractivity contribution is 5.98. The summed E-state index contributed by atoms with van der Waals surface area (Å²) in [4.78, 5) is 4.25. The van der Waals surface area contributed by atoms with Crippen LogP contribution in [0.5, 0.6) is 11.5 Å². The molecule has 2 N–H and O–H groups in total. The maximum atomic E-state index is 5.87. The molecule has 16 heavy (non-hydrogen) atoms. The second-order valence-corrected chi connectivity index (χ2v) is 3.37. The quantitative estimate of drug-likeness (QED) is 0.610. The van der Waals surface area contributed by atoms with Crippen molar-refractivity contribution in [2.45, 2.75) is 13.3 Å². The monoisotopic (exact) mass is 222 g/mol. The zero-order valence-electron chi connectivity index (χ0n) is 9.99. The Labute approximate surface area is 96.1 Å². The predicted octanol–water partition coefficient (Wildman–Crippen LogP) is 1.82. The molecule has 1 rings (SSSR count). The maximum absolute atomic E-state index is 5.87. The molecule has 0 unspecified atom stereocenters. The third kappa shape index (κ3) is 3.15. The van der Waals surface area contributed by atoms with Gasteiger partial charge in [-0.05, 0) is 18.6 Å². The number of amidine groups is 1. The first-order valence-corrected chi connectivity index (χ1v) is 5.24. The lowest BCUT2D eigenvalue weighted by atomic mass is 10.2. The largest absolute Gasteiger partial charge is 0.497 e. The standard InChI is InChI=1S/C12H18N2O2/c1-4-5-14-12(13)9-6-10(15-2)8-11(7-9)16-3/h6-8H,4-5H2,1-3H3,(H2,13,14). The van der Waals surface area contributed by atoms with Crippen molar-refractivity contribution in [3.8, 4) is 11.5 Å². The summed E-state index contributed by atoms with van der Waals surface area (Å²) in [6, 6.07) is 5.49. The SMILES string of the molecule is CCCN=C(N)c1cc(OC)cc(OC)c1. The summed E-state index contributed by atoms with van der Waals surface area (Å²) in [5.41, 5.74) is 6.69. The average Bonchev–Trinajstić information content (AvgIpc) is 2.35. The second-order valence-electron chi connectivity index (χ2n) is 3.37. The van der Waals surface area contributed by atoms with Crippen LogP contribution in [-0.4, -0.2) is 26.6 Å². The van der Waals surface area contributed by atoms with E-state index in [1.54, 1.807) is 20.3 Å². The summed E-state index contributed by atoms with van der Waals surface area (Å²) in [6.45, 7) is 2.79. The Hall–Kier alpha value is -1.71. The topological polar surface area (TPSA) is 56.8 Å². The molecule has 0 aliphatic heterocycles. The molecule has 1 aromatic rings. The van der Waals surface area contributed by atoms with Gasteiger partial charge in [0.1, 0.15) is 17.3 Å². The molecule has 0 saturated carbocycles. The number of benzene rings is 1. The summed E-state index contributed by atoms with van der Waals surface area (Å²) < 4.78 is 10.3. The summed E-state index contributed by atoms with van der Waals surface area (Å²) in [5.74, 6) is 1.94. The Kier molecular flexibility index (Phi) is 4.64. The van der Waals surface area contributed by atoms with E-state index in [2.05, 4.69) is 11.9 Å². The van der Waals surface area contributed by atoms with Gasteiger partial charge in [-0.1, -0.05) is 6.92 Å². The first-order valence-electron chi connectivity index (χ1n) is 5.24. The van der Waals surface area contributed by atoms with Gasteiger partial charge in [0.15, 0.2) is 0 Å². The van der Waals surface area contributed by atoms with Crippen molar-refractivity contribution in [3.63, 3.8) is 0 Å². The molecule has 4 heteroatoms. The summed E-state index contributed by atoms with van der Waals surface area (Å²) in [7, 11) is 3.22. The van der Waals surface area contributed by atoms with E-state index in [0.717, 1.165) is 18.5 Å². The van der Waals surface area contributed by atoms with Crippen LogP contribution in [0.15, 0.2) is 23.2 Å². The Bertz CT molecular complexity index is 353. The third-order valence-corrected chi connectivity index (χ3v) is 2.15. The van der Waals surface area contributed by atoms with Crippen molar-refractivity contribution in [1.82, 2.24) is 0 Å². The van der Waals surface area contributed by atoms with Crippen LogP contribution in [0.1, 0.15) is 18.9 Å². The van der Waals surface area contributed by atoms with Gasteiger partial charge in [0.25, 0.3) is 0 Å². The normalized spacial score (nSPS) is 11.3. The number of nitrogens with two attached hydrogens (primary N) is 1. The average molecular weight is 222 g/mol. The van der Waals surface area contributed by atoms with Gasteiger partial charge in [-0.15, -0.1) is 0 Å². The van der Waals surface area contributed by atoms with E-state index in [1.165, 1.54) is 0 Å². The smallest absolute Gasteiger partial charge is 0.125 e. The van der Waals surface area contributed by atoms with Crippen molar-refractivity contribution < 1.29 is 9.47 Å². The molecule has 0 heterocycles. The molecule has 0 radical (unpaired) electrons. The lowest BCUT2D eigenvalue weighted by molar-refractivity contribution is 0.394. The van der Waals surface area contributed by atoms with Gasteiger partial charge in [0.2, 0.25) is 0 Å². The van der Waals surface area contributed by atoms with Crippen LogP contribution in [0.4, 0.5) is 0 Å². The molecule has 0 saturated heterocycles. The van der Waals surface area contributed by atoms with Crippen molar-refractivity contribution in [2.24, 2.45) is 10.7 Å². The van der Waals surface area contributed by atoms with Crippen molar-refractivity contribution >= 4 is 5.84 Å². The van der Waals surface area contributed by atoms with E-state index in [1.807, 2.05) is 12.1 Å². The third-order valence-electron chi connectivity index (χ3n) is 2.15. The van der Waals surface area contributed by atoms with Crippen LogP contribution >= 0.6 is 0 Å².